The minimum Gasteiger partial charge on any atom is -0.379 e. The van der Waals surface area contributed by atoms with Gasteiger partial charge in [0.15, 0.2) is 0 Å². The van der Waals surface area contributed by atoms with Gasteiger partial charge in [-0.2, -0.15) is 0 Å². The monoisotopic (exact) mass is 459 g/mol. The minimum absolute atomic E-state index is 0.156. The highest BCUT2D eigenvalue weighted by Gasteiger charge is 2.36. The van der Waals surface area contributed by atoms with Gasteiger partial charge in [-0.05, 0) is 65.1 Å². The summed E-state index contributed by atoms with van der Waals surface area (Å²) in [6.45, 7) is 16.2. The zero-order chi connectivity index (χ0) is 25.1. The van der Waals surface area contributed by atoms with E-state index in [0.717, 1.165) is 5.69 Å². The number of rotatable bonds is 7. The zero-order valence-electron chi connectivity index (χ0n) is 22.3. The second kappa shape index (κ2) is 10.6. The summed E-state index contributed by atoms with van der Waals surface area (Å²) >= 11 is 0. The Balaban J connectivity index is 1.94. The molecule has 0 heterocycles. The van der Waals surface area contributed by atoms with Crippen molar-refractivity contribution >= 4 is 23.3 Å². The topological polar surface area (TPSA) is 12.0 Å². The second-order valence-corrected chi connectivity index (χ2v) is 10.4. The highest BCUT2D eigenvalue weighted by Crippen LogP contribution is 2.34. The quantitative estimate of drug-likeness (QED) is 0.284. The molecule has 1 nitrogen and oxygen atoms in total. The van der Waals surface area contributed by atoms with Crippen LogP contribution in [-0.2, 0) is 0 Å². The van der Waals surface area contributed by atoms with Crippen molar-refractivity contribution in [3.05, 3.63) is 124 Å². The second-order valence-electron chi connectivity index (χ2n) is 10.4. The maximum Gasteiger partial charge on any atom is 0.215 e. The van der Waals surface area contributed by atoms with E-state index in [1.165, 1.54) is 49.9 Å². The van der Waals surface area contributed by atoms with Crippen LogP contribution in [0.2, 0.25) is 5.82 Å². The van der Waals surface area contributed by atoms with E-state index >= 15 is 0 Å². The summed E-state index contributed by atoms with van der Waals surface area (Å²) in [4.78, 5) is 0. The van der Waals surface area contributed by atoms with Crippen molar-refractivity contribution in [3.8, 4) is 0 Å². The Labute approximate surface area is 212 Å². The lowest BCUT2D eigenvalue weighted by molar-refractivity contribution is 0.736. The summed E-state index contributed by atoms with van der Waals surface area (Å²) < 4.78 is 0. The van der Waals surface area contributed by atoms with Gasteiger partial charge < -0.3 is 5.32 Å². The molecule has 0 unspecified atom stereocenters. The van der Waals surface area contributed by atoms with Crippen LogP contribution in [0.1, 0.15) is 51.9 Å². The maximum atomic E-state index is 3.92. The highest BCUT2D eigenvalue weighted by atomic mass is 14.9. The Morgan fingerprint density at radius 1 is 0.571 bits per heavy atom. The van der Waals surface area contributed by atoms with Gasteiger partial charge in [-0.15, -0.1) is 0 Å². The van der Waals surface area contributed by atoms with Crippen molar-refractivity contribution in [2.75, 3.05) is 5.32 Å². The molecule has 0 amide bonds. The largest absolute Gasteiger partial charge is 0.379 e. The normalized spacial score (nSPS) is 12.8. The van der Waals surface area contributed by atoms with Gasteiger partial charge >= 0.3 is 0 Å². The van der Waals surface area contributed by atoms with Crippen molar-refractivity contribution in [1.29, 1.82) is 0 Å². The fourth-order valence-corrected chi connectivity index (χ4v) is 6.12. The van der Waals surface area contributed by atoms with Crippen LogP contribution in [-0.4, -0.2) is 6.71 Å². The number of hydrogen-bond acceptors (Lipinski definition) is 1. The van der Waals surface area contributed by atoms with E-state index in [-0.39, 0.29) is 12.8 Å². The highest BCUT2D eigenvalue weighted by molar-refractivity contribution is 6.87. The molecule has 0 spiro atoms. The molecule has 4 aromatic rings. The third-order valence-corrected chi connectivity index (χ3v) is 7.40. The maximum absolute atomic E-state index is 3.92. The number of hydrogen-bond donors (Lipinski definition) is 1. The molecule has 0 aliphatic carbocycles. The summed E-state index contributed by atoms with van der Waals surface area (Å²) in [5.74, 6) is 0.304. The van der Waals surface area contributed by atoms with E-state index in [1.54, 1.807) is 0 Å². The van der Waals surface area contributed by atoms with E-state index in [9.17, 15) is 0 Å². The molecule has 0 aliphatic rings. The third kappa shape index (κ3) is 5.38. The SMILES string of the molecule is Cc1cc(C)c(B(c2c(C)cc(C)cc2C)[C@H](C)[C@@H](Nc2ccccc2)c2ccccc2)c(C)c1. The van der Waals surface area contributed by atoms with E-state index < -0.39 is 0 Å². The first kappa shape index (κ1) is 24.9. The molecule has 35 heavy (non-hydrogen) atoms. The molecular formula is C33H38BN. The van der Waals surface area contributed by atoms with Crippen molar-refractivity contribution in [3.63, 3.8) is 0 Å². The molecule has 1 N–H and O–H groups in total. The Bertz CT molecular complexity index is 1190. The number of aryl methyl sites for hydroxylation is 6. The smallest absolute Gasteiger partial charge is 0.215 e. The standard InChI is InChI=1S/C33H38BN/c1-22-18-24(3)31(25(4)19-22)34(32-26(5)20-23(2)21-27(32)6)28(7)33(29-14-10-8-11-15-29)35-30-16-12-9-13-17-30/h8-21,28,33,35H,1-7H3/t28-,33-/m1/s1. The first-order valence-corrected chi connectivity index (χ1v) is 12.8. The van der Waals surface area contributed by atoms with Crippen LogP contribution in [0.4, 0.5) is 5.69 Å². The van der Waals surface area contributed by atoms with Crippen LogP contribution in [0.25, 0.3) is 0 Å². The third-order valence-electron chi connectivity index (χ3n) is 7.40. The van der Waals surface area contributed by atoms with Crippen LogP contribution in [0.5, 0.6) is 0 Å². The molecule has 0 saturated carbocycles. The van der Waals surface area contributed by atoms with Crippen LogP contribution in [0.15, 0.2) is 84.9 Å². The fraction of sp³-hybridized carbons (Fsp3) is 0.273. The summed E-state index contributed by atoms with van der Waals surface area (Å²) in [6, 6.07) is 31.1. The Kier molecular flexibility index (Phi) is 7.50. The first-order valence-electron chi connectivity index (χ1n) is 12.8. The van der Waals surface area contributed by atoms with E-state index in [1.807, 2.05) is 0 Å². The lowest BCUT2D eigenvalue weighted by Crippen LogP contribution is -2.52. The average Bonchev–Trinajstić information content (AvgIpc) is 2.81. The van der Waals surface area contributed by atoms with Gasteiger partial charge in [0.05, 0.1) is 0 Å². The zero-order valence-corrected chi connectivity index (χ0v) is 22.3. The molecule has 0 fully saturated rings. The molecule has 0 bridgehead atoms. The number of para-hydroxylation sites is 1. The van der Waals surface area contributed by atoms with Crippen molar-refractivity contribution < 1.29 is 0 Å². The van der Waals surface area contributed by atoms with Crippen molar-refractivity contribution in [2.24, 2.45) is 0 Å². The van der Waals surface area contributed by atoms with Gasteiger partial charge in [0, 0.05) is 11.7 Å². The molecule has 0 aliphatic heterocycles. The van der Waals surface area contributed by atoms with Gasteiger partial charge in [-0.25, -0.2) is 0 Å². The molecule has 0 radical (unpaired) electrons. The predicted octanol–water partition coefficient (Wildman–Crippen LogP) is 7.39. The van der Waals surface area contributed by atoms with Gasteiger partial charge in [0.25, 0.3) is 0 Å². The van der Waals surface area contributed by atoms with E-state index in [2.05, 4.69) is 139 Å². The van der Waals surface area contributed by atoms with E-state index in [0.29, 0.717) is 5.82 Å². The van der Waals surface area contributed by atoms with Gasteiger partial charge in [-0.1, -0.05) is 124 Å². The predicted molar refractivity (Wildman–Crippen MR) is 155 cm³/mol. The van der Waals surface area contributed by atoms with Crippen molar-refractivity contribution in [1.82, 2.24) is 0 Å². The molecule has 178 valence electrons. The molecule has 2 atom stereocenters. The van der Waals surface area contributed by atoms with Crippen LogP contribution in [0, 0.1) is 41.5 Å². The van der Waals surface area contributed by atoms with Gasteiger partial charge in [-0.3, -0.25) is 0 Å². The summed E-state index contributed by atoms with van der Waals surface area (Å²) in [7, 11) is 0. The molecule has 4 aromatic carbocycles. The summed E-state index contributed by atoms with van der Waals surface area (Å²) in [5.41, 5.74) is 13.6. The lowest BCUT2D eigenvalue weighted by atomic mass is 9.30. The minimum atomic E-state index is 0.156. The van der Waals surface area contributed by atoms with Gasteiger partial charge in [0.1, 0.15) is 0 Å². The molecule has 2 heteroatoms. The van der Waals surface area contributed by atoms with Crippen molar-refractivity contribution in [2.45, 2.75) is 60.3 Å². The van der Waals surface area contributed by atoms with E-state index in [4.69, 9.17) is 0 Å². The number of benzene rings is 4. The average molecular weight is 459 g/mol. The Morgan fingerprint density at radius 2 is 0.971 bits per heavy atom. The lowest BCUT2D eigenvalue weighted by Gasteiger charge is -2.35. The molecular weight excluding hydrogens is 421 g/mol. The fourth-order valence-electron chi connectivity index (χ4n) is 6.12. The van der Waals surface area contributed by atoms with Crippen LogP contribution < -0.4 is 16.2 Å². The summed E-state index contributed by atoms with van der Waals surface area (Å²) in [5, 5.41) is 3.92. The molecule has 0 saturated heterocycles. The van der Waals surface area contributed by atoms with Gasteiger partial charge in [0.2, 0.25) is 6.71 Å². The first-order chi connectivity index (χ1) is 16.8. The van der Waals surface area contributed by atoms with Crippen LogP contribution >= 0.6 is 0 Å². The number of nitrogens with one attached hydrogen (secondary N) is 1. The molecule has 0 aromatic heterocycles. The Morgan fingerprint density at radius 3 is 1.40 bits per heavy atom. The van der Waals surface area contributed by atoms with Crippen LogP contribution in [0.3, 0.4) is 0 Å². The molecule has 4 rings (SSSR count). The Hall–Kier alpha value is -3.26. The summed E-state index contributed by atoms with van der Waals surface area (Å²) in [6.07, 6.45) is 0. The number of anilines is 1.